The van der Waals surface area contributed by atoms with Crippen molar-refractivity contribution < 1.29 is 4.79 Å². The lowest BCUT2D eigenvalue weighted by atomic mass is 10.0. The first-order chi connectivity index (χ1) is 9.31. The van der Waals surface area contributed by atoms with Gasteiger partial charge in [-0.3, -0.25) is 9.48 Å². The predicted octanol–water partition coefficient (Wildman–Crippen LogP) is 0.702. The lowest BCUT2D eigenvalue weighted by Gasteiger charge is -2.23. The van der Waals surface area contributed by atoms with Crippen LogP contribution >= 0.6 is 0 Å². The van der Waals surface area contributed by atoms with E-state index in [4.69, 9.17) is 0 Å². The average molecular weight is 263 g/mol. The second-order valence-electron chi connectivity index (χ2n) is 5.55. The minimum absolute atomic E-state index is 0.0930. The molecule has 1 saturated heterocycles. The molecule has 1 aliphatic carbocycles. The highest BCUT2D eigenvalue weighted by Gasteiger charge is 2.25. The fourth-order valence-electron chi connectivity index (χ4n) is 2.46. The summed E-state index contributed by atoms with van der Waals surface area (Å²) in [4.78, 5) is 11.8. The molecule has 1 aliphatic heterocycles. The van der Waals surface area contributed by atoms with Crippen LogP contribution in [0, 0.1) is 0 Å². The van der Waals surface area contributed by atoms with Gasteiger partial charge in [-0.05, 0) is 38.6 Å². The Kier molecular flexibility index (Phi) is 3.77. The molecule has 2 heterocycles. The van der Waals surface area contributed by atoms with E-state index in [2.05, 4.69) is 20.9 Å². The van der Waals surface area contributed by atoms with E-state index in [1.165, 1.54) is 19.3 Å². The largest absolute Gasteiger partial charge is 0.348 e. The van der Waals surface area contributed by atoms with E-state index in [1.807, 2.05) is 0 Å². The minimum Gasteiger partial charge on any atom is -0.348 e. The molecule has 104 valence electrons. The summed E-state index contributed by atoms with van der Waals surface area (Å²) in [6, 6.07) is 0.950. The van der Waals surface area contributed by atoms with Crippen LogP contribution in [0.3, 0.4) is 0 Å². The Morgan fingerprint density at radius 3 is 3.05 bits per heavy atom. The number of aryl methyl sites for hydroxylation is 1. The van der Waals surface area contributed by atoms with Crippen molar-refractivity contribution in [2.45, 2.75) is 57.2 Å². The summed E-state index contributed by atoms with van der Waals surface area (Å²) >= 11 is 0. The number of piperidine rings is 1. The Balaban J connectivity index is 1.48. The van der Waals surface area contributed by atoms with Crippen LogP contribution in [0.15, 0.2) is 6.20 Å². The summed E-state index contributed by atoms with van der Waals surface area (Å²) in [6.45, 7) is 1.94. The van der Waals surface area contributed by atoms with Gasteiger partial charge < -0.3 is 10.6 Å². The van der Waals surface area contributed by atoms with Crippen LogP contribution in [0.1, 0.15) is 49.0 Å². The monoisotopic (exact) mass is 263 g/mol. The van der Waals surface area contributed by atoms with Crippen LogP contribution in [0.5, 0.6) is 0 Å². The summed E-state index contributed by atoms with van der Waals surface area (Å²) in [5.74, 6) is -0.0930. The van der Waals surface area contributed by atoms with Gasteiger partial charge in [0.1, 0.15) is 0 Å². The summed E-state index contributed by atoms with van der Waals surface area (Å²) in [7, 11) is 0. The Labute approximate surface area is 112 Å². The Morgan fingerprint density at radius 1 is 1.42 bits per heavy atom. The minimum atomic E-state index is -0.0930. The third-order valence-corrected chi connectivity index (χ3v) is 3.80. The zero-order valence-corrected chi connectivity index (χ0v) is 11.1. The Hall–Kier alpha value is -1.43. The van der Waals surface area contributed by atoms with Crippen molar-refractivity contribution in [3.63, 3.8) is 0 Å². The highest BCUT2D eigenvalue weighted by atomic mass is 16.2. The van der Waals surface area contributed by atoms with Crippen LogP contribution < -0.4 is 10.6 Å². The Bertz CT molecular complexity index is 434. The van der Waals surface area contributed by atoms with E-state index in [0.717, 1.165) is 32.4 Å². The summed E-state index contributed by atoms with van der Waals surface area (Å²) in [6.07, 6.45) is 8.81. The molecule has 1 aromatic heterocycles. The zero-order chi connectivity index (χ0) is 13.1. The fourth-order valence-corrected chi connectivity index (χ4v) is 2.46. The molecule has 2 fully saturated rings. The summed E-state index contributed by atoms with van der Waals surface area (Å²) in [5.41, 5.74) is 0.434. The van der Waals surface area contributed by atoms with Gasteiger partial charge in [0.25, 0.3) is 5.91 Å². The first-order valence-corrected chi connectivity index (χ1v) is 7.25. The lowest BCUT2D eigenvalue weighted by molar-refractivity contribution is 0.0946. The number of hydrogen-bond donors (Lipinski definition) is 2. The number of amides is 1. The molecule has 1 aromatic rings. The van der Waals surface area contributed by atoms with Crippen molar-refractivity contribution in [3.05, 3.63) is 11.9 Å². The molecule has 0 bridgehead atoms. The van der Waals surface area contributed by atoms with Gasteiger partial charge in [-0.1, -0.05) is 11.6 Å². The molecule has 0 radical (unpaired) electrons. The average Bonchev–Trinajstić information content (AvgIpc) is 3.12. The molecule has 3 rings (SSSR count). The molecule has 1 atom stereocenters. The smallest absolute Gasteiger partial charge is 0.273 e. The summed E-state index contributed by atoms with van der Waals surface area (Å²) in [5, 5.41) is 14.4. The number of carbonyl (C=O) groups is 1. The molecular weight excluding hydrogens is 242 g/mol. The van der Waals surface area contributed by atoms with Gasteiger partial charge in [0.05, 0.1) is 6.20 Å². The molecule has 6 heteroatoms. The van der Waals surface area contributed by atoms with Crippen molar-refractivity contribution >= 4 is 5.91 Å². The van der Waals surface area contributed by atoms with Crippen LogP contribution in [0.4, 0.5) is 0 Å². The van der Waals surface area contributed by atoms with Crippen LogP contribution in [0.25, 0.3) is 0 Å². The normalized spacial score (nSPS) is 23.3. The van der Waals surface area contributed by atoms with E-state index in [0.29, 0.717) is 17.8 Å². The highest BCUT2D eigenvalue weighted by molar-refractivity contribution is 5.92. The van der Waals surface area contributed by atoms with E-state index in [9.17, 15) is 4.79 Å². The number of rotatable bonds is 5. The number of hydrogen-bond acceptors (Lipinski definition) is 4. The van der Waals surface area contributed by atoms with Crippen LogP contribution in [-0.2, 0) is 6.54 Å². The quantitative estimate of drug-likeness (QED) is 0.820. The van der Waals surface area contributed by atoms with Gasteiger partial charge in [0.2, 0.25) is 0 Å². The van der Waals surface area contributed by atoms with Crippen molar-refractivity contribution in [2.24, 2.45) is 0 Å². The van der Waals surface area contributed by atoms with Gasteiger partial charge in [-0.2, -0.15) is 0 Å². The molecule has 19 heavy (non-hydrogen) atoms. The van der Waals surface area contributed by atoms with E-state index < -0.39 is 0 Å². The predicted molar refractivity (Wildman–Crippen MR) is 70.8 cm³/mol. The second kappa shape index (κ2) is 5.69. The van der Waals surface area contributed by atoms with Crippen LogP contribution in [-0.4, -0.2) is 39.5 Å². The maximum absolute atomic E-state index is 11.8. The second-order valence-corrected chi connectivity index (χ2v) is 5.55. The standard InChI is InChI=1S/C13H21N5O/c19-13(15-11-4-5-11)12-9-18(17-16-12)8-6-10-3-1-2-7-14-10/h9-11,14H,1-8H2,(H,15,19). The van der Waals surface area contributed by atoms with E-state index >= 15 is 0 Å². The molecular formula is C13H21N5O. The molecule has 0 aromatic carbocycles. The van der Waals surface area contributed by atoms with E-state index in [-0.39, 0.29) is 5.91 Å². The van der Waals surface area contributed by atoms with Crippen molar-refractivity contribution in [1.82, 2.24) is 25.6 Å². The van der Waals surface area contributed by atoms with Gasteiger partial charge in [-0.25, -0.2) is 0 Å². The number of carbonyl (C=O) groups excluding carboxylic acids is 1. The zero-order valence-electron chi connectivity index (χ0n) is 11.1. The first-order valence-electron chi connectivity index (χ1n) is 7.25. The number of aromatic nitrogens is 3. The third kappa shape index (κ3) is 3.53. The lowest BCUT2D eigenvalue weighted by Crippen LogP contribution is -2.34. The fraction of sp³-hybridized carbons (Fsp3) is 0.769. The molecule has 2 N–H and O–H groups in total. The van der Waals surface area contributed by atoms with Gasteiger partial charge in [0.15, 0.2) is 5.69 Å². The topological polar surface area (TPSA) is 71.8 Å². The first kappa shape index (κ1) is 12.6. The summed E-state index contributed by atoms with van der Waals surface area (Å²) < 4.78 is 1.78. The molecule has 1 saturated carbocycles. The van der Waals surface area contributed by atoms with E-state index in [1.54, 1.807) is 10.9 Å². The SMILES string of the molecule is O=C(NC1CC1)c1cn(CCC2CCCCN2)nn1. The molecule has 1 amide bonds. The molecule has 2 aliphatic rings. The number of nitrogens with one attached hydrogen (secondary N) is 2. The van der Waals surface area contributed by atoms with Gasteiger partial charge >= 0.3 is 0 Å². The third-order valence-electron chi connectivity index (χ3n) is 3.80. The van der Waals surface area contributed by atoms with Crippen molar-refractivity contribution in [2.75, 3.05) is 6.54 Å². The molecule has 1 unspecified atom stereocenters. The van der Waals surface area contributed by atoms with Crippen molar-refractivity contribution in [1.29, 1.82) is 0 Å². The van der Waals surface area contributed by atoms with Crippen LogP contribution in [0.2, 0.25) is 0 Å². The van der Waals surface area contributed by atoms with Crippen molar-refractivity contribution in [3.8, 4) is 0 Å². The molecule has 6 nitrogen and oxygen atoms in total. The van der Waals surface area contributed by atoms with Gasteiger partial charge in [-0.15, -0.1) is 5.10 Å². The highest BCUT2D eigenvalue weighted by Crippen LogP contribution is 2.19. The molecule has 0 spiro atoms. The maximum Gasteiger partial charge on any atom is 0.273 e. The maximum atomic E-state index is 11.8. The number of nitrogens with zero attached hydrogens (tertiary/aromatic N) is 3. The Morgan fingerprint density at radius 2 is 2.32 bits per heavy atom. The van der Waals surface area contributed by atoms with Gasteiger partial charge in [0, 0.05) is 18.6 Å².